The summed E-state index contributed by atoms with van der Waals surface area (Å²) >= 11 is 0. The topological polar surface area (TPSA) is 85.4 Å². The molecule has 6 nitrogen and oxygen atoms in total. The number of pyridine rings is 1. The Kier molecular flexibility index (Phi) is 3.96. The van der Waals surface area contributed by atoms with Gasteiger partial charge in [-0.3, -0.25) is 4.98 Å². The van der Waals surface area contributed by atoms with Crippen molar-refractivity contribution in [3.8, 4) is 11.5 Å². The van der Waals surface area contributed by atoms with Gasteiger partial charge in [-0.05, 0) is 18.2 Å². The number of aromatic nitrogens is 1. The van der Waals surface area contributed by atoms with Gasteiger partial charge in [0, 0.05) is 30.0 Å². The predicted molar refractivity (Wildman–Crippen MR) is 86.4 cm³/mol. The van der Waals surface area contributed by atoms with E-state index in [1.807, 2.05) is 18.2 Å². The summed E-state index contributed by atoms with van der Waals surface area (Å²) in [4.78, 5) is 4.66. The Balaban J connectivity index is 1.83. The molecule has 0 aliphatic carbocycles. The number of benzene rings is 1. The molecule has 0 spiro atoms. The molecule has 3 aromatic rings. The van der Waals surface area contributed by atoms with Crippen molar-refractivity contribution in [2.24, 2.45) is 0 Å². The van der Waals surface area contributed by atoms with Crippen LogP contribution in [0.2, 0.25) is 0 Å². The highest BCUT2D eigenvalue weighted by Gasteiger charge is 2.10. The predicted octanol–water partition coefficient (Wildman–Crippen LogP) is 3.45. The van der Waals surface area contributed by atoms with E-state index in [-0.39, 0.29) is 6.61 Å². The summed E-state index contributed by atoms with van der Waals surface area (Å²) in [6, 6.07) is 8.91. The first-order valence-corrected chi connectivity index (χ1v) is 8.81. The average molecular weight is 332 g/mol. The minimum atomic E-state index is -2.78. The normalized spacial score (nSPS) is 13.7. The van der Waals surface area contributed by atoms with Gasteiger partial charge in [-0.2, -0.15) is 0 Å². The monoisotopic (exact) mass is 332 g/mol. The van der Waals surface area contributed by atoms with Crippen LogP contribution < -0.4 is 9.47 Å². The van der Waals surface area contributed by atoms with Crippen LogP contribution in [0.15, 0.2) is 52.1 Å². The van der Waals surface area contributed by atoms with Crippen molar-refractivity contribution in [2.75, 3.05) is 13.4 Å². The Morgan fingerprint density at radius 2 is 2.13 bits per heavy atom. The van der Waals surface area contributed by atoms with Crippen LogP contribution in [0.3, 0.4) is 0 Å². The third kappa shape index (κ3) is 3.29. The first-order chi connectivity index (χ1) is 11.0. The van der Waals surface area contributed by atoms with E-state index in [9.17, 15) is 4.21 Å². The fraction of sp³-hybridized carbons (Fsp3) is 0.188. The molecule has 2 heterocycles. The van der Waals surface area contributed by atoms with Crippen molar-refractivity contribution < 1.29 is 18.1 Å². The maximum absolute atomic E-state index is 11.7. The van der Waals surface area contributed by atoms with E-state index in [1.165, 1.54) is 12.5 Å². The molecule has 7 heteroatoms. The van der Waals surface area contributed by atoms with Crippen molar-refractivity contribution in [3.05, 3.63) is 48.6 Å². The quantitative estimate of drug-likeness (QED) is 0.773. The molecule has 0 bridgehead atoms. The van der Waals surface area contributed by atoms with E-state index in [0.29, 0.717) is 16.4 Å². The molecule has 0 aliphatic rings. The number of hydrogen-bond donors (Lipinski definition) is 1. The number of fused-ring (bicyclic) bond motifs is 1. The maximum Gasteiger partial charge on any atom is 0.146 e. The van der Waals surface area contributed by atoms with Gasteiger partial charge < -0.3 is 13.9 Å². The zero-order valence-electron chi connectivity index (χ0n) is 12.7. The minimum Gasteiger partial charge on any atom is -0.497 e. The Hall–Kier alpha value is -2.54. The van der Waals surface area contributed by atoms with Crippen LogP contribution >= 0.6 is 0 Å². The van der Waals surface area contributed by atoms with Gasteiger partial charge in [0.05, 0.1) is 27.3 Å². The van der Waals surface area contributed by atoms with E-state index in [2.05, 4.69) is 4.98 Å². The molecule has 0 saturated heterocycles. The number of hydrogen-bond acceptors (Lipinski definition) is 6. The van der Waals surface area contributed by atoms with Crippen LogP contribution in [0, 0.1) is 4.78 Å². The van der Waals surface area contributed by atoms with Gasteiger partial charge >= 0.3 is 0 Å². The molecule has 1 atom stereocenters. The molecule has 1 aromatic carbocycles. The second-order valence-corrected chi connectivity index (χ2v) is 7.23. The van der Waals surface area contributed by atoms with Crippen molar-refractivity contribution in [2.45, 2.75) is 11.5 Å². The molecule has 2 aromatic heterocycles. The largest absolute Gasteiger partial charge is 0.497 e. The lowest BCUT2D eigenvalue weighted by Crippen LogP contribution is -1.96. The molecule has 1 N–H and O–H groups in total. The lowest BCUT2D eigenvalue weighted by Gasteiger charge is -2.08. The Morgan fingerprint density at radius 1 is 1.30 bits per heavy atom. The summed E-state index contributed by atoms with van der Waals surface area (Å²) in [6.07, 6.45) is 4.35. The third-order valence-corrected chi connectivity index (χ3v) is 4.47. The van der Waals surface area contributed by atoms with Gasteiger partial charge in [0.2, 0.25) is 0 Å². The average Bonchev–Trinajstić information content (AvgIpc) is 3.01. The standard InChI is InChI=1S/C16H16N2O4S/c1-20-11-3-4-14-15(8-11)18-6-5-16(14)22-9-12-7-13(10-21-12)23(2,17)19/h3-8,10,17H,9H2,1-2H3. The molecule has 120 valence electrons. The zero-order valence-corrected chi connectivity index (χ0v) is 13.6. The molecule has 0 radical (unpaired) electrons. The Labute approximate surface area is 134 Å². The van der Waals surface area contributed by atoms with E-state index in [1.54, 1.807) is 25.4 Å². The fourth-order valence-corrected chi connectivity index (χ4v) is 2.73. The minimum absolute atomic E-state index is 0.181. The van der Waals surface area contributed by atoms with Gasteiger partial charge in [-0.1, -0.05) is 0 Å². The van der Waals surface area contributed by atoms with Gasteiger partial charge in [-0.15, -0.1) is 0 Å². The van der Waals surface area contributed by atoms with Gasteiger partial charge in [0.1, 0.15) is 30.1 Å². The van der Waals surface area contributed by atoms with E-state index >= 15 is 0 Å². The van der Waals surface area contributed by atoms with E-state index in [0.717, 1.165) is 16.7 Å². The maximum atomic E-state index is 11.7. The second-order valence-electron chi connectivity index (χ2n) is 5.07. The number of nitrogens with one attached hydrogen (secondary N) is 1. The lowest BCUT2D eigenvalue weighted by molar-refractivity contribution is 0.273. The number of methoxy groups -OCH3 is 1. The molecule has 0 aliphatic heterocycles. The highest BCUT2D eigenvalue weighted by molar-refractivity contribution is 7.91. The zero-order chi connectivity index (χ0) is 16.4. The van der Waals surface area contributed by atoms with Crippen LogP contribution in [0.5, 0.6) is 11.5 Å². The fourth-order valence-electron chi connectivity index (χ4n) is 2.14. The summed E-state index contributed by atoms with van der Waals surface area (Å²) in [5, 5.41) is 0.861. The van der Waals surface area contributed by atoms with Crippen molar-refractivity contribution >= 4 is 20.6 Å². The number of nitrogens with zero attached hydrogens (tertiary/aromatic N) is 1. The molecule has 0 fully saturated rings. The molecular formula is C16H16N2O4S. The van der Waals surface area contributed by atoms with Crippen molar-refractivity contribution in [1.82, 2.24) is 4.98 Å². The van der Waals surface area contributed by atoms with Crippen LogP contribution in [0.25, 0.3) is 10.9 Å². The van der Waals surface area contributed by atoms with Crippen LogP contribution in [-0.2, 0) is 16.3 Å². The number of rotatable bonds is 5. The van der Waals surface area contributed by atoms with Gasteiger partial charge in [0.15, 0.2) is 0 Å². The summed E-state index contributed by atoms with van der Waals surface area (Å²) in [5.41, 5.74) is 0.768. The van der Waals surface area contributed by atoms with Crippen molar-refractivity contribution in [3.63, 3.8) is 0 Å². The Morgan fingerprint density at radius 3 is 2.83 bits per heavy atom. The summed E-state index contributed by atoms with van der Waals surface area (Å²) in [5.74, 6) is 1.91. The van der Waals surface area contributed by atoms with Crippen molar-refractivity contribution in [1.29, 1.82) is 4.78 Å². The third-order valence-electron chi connectivity index (χ3n) is 3.36. The molecule has 0 saturated carbocycles. The first kappa shape index (κ1) is 15.4. The first-order valence-electron chi connectivity index (χ1n) is 6.84. The molecule has 23 heavy (non-hydrogen) atoms. The highest BCUT2D eigenvalue weighted by atomic mass is 32.2. The SMILES string of the molecule is COc1ccc2c(OCc3cc(S(C)(=N)=O)co3)ccnc2c1. The summed E-state index contributed by atoms with van der Waals surface area (Å²) in [6.45, 7) is 0.181. The van der Waals surface area contributed by atoms with E-state index < -0.39 is 9.73 Å². The lowest BCUT2D eigenvalue weighted by atomic mass is 10.2. The van der Waals surface area contributed by atoms with Crippen LogP contribution in [-0.4, -0.2) is 22.6 Å². The second kappa shape index (κ2) is 5.92. The summed E-state index contributed by atoms with van der Waals surface area (Å²) < 4.78 is 35.5. The smallest absolute Gasteiger partial charge is 0.146 e. The number of ether oxygens (including phenoxy) is 2. The molecule has 0 amide bonds. The molecule has 3 rings (SSSR count). The van der Waals surface area contributed by atoms with E-state index in [4.69, 9.17) is 18.7 Å². The molecular weight excluding hydrogens is 316 g/mol. The summed E-state index contributed by atoms with van der Waals surface area (Å²) in [7, 11) is -1.18. The number of furan rings is 1. The molecule has 1 unspecified atom stereocenters. The van der Waals surface area contributed by atoms with Gasteiger partial charge in [-0.25, -0.2) is 8.99 Å². The highest BCUT2D eigenvalue weighted by Crippen LogP contribution is 2.28. The van der Waals surface area contributed by atoms with Crippen LogP contribution in [0.1, 0.15) is 5.76 Å². The van der Waals surface area contributed by atoms with Crippen LogP contribution in [0.4, 0.5) is 0 Å². The van der Waals surface area contributed by atoms with Gasteiger partial charge in [0.25, 0.3) is 0 Å². The Bertz CT molecular complexity index is 948.